The standard InChI is InChI=1S/C26H36N2O7S/c1-3-13-27-26(30)24-18-21(20-7-5-4-6-8-20)19-25(35-24)34-17-15-28(14-16-29)36(31,32)23-11-9-22(33-2)10-12-23/h1,9-12,18,20-21,25,29H,4-8,13-17,19H2,2H3,(H,27,30)/t21-,25+/m0/s1. The Bertz CT molecular complexity index is 1030. The minimum absolute atomic E-state index is 0.0191. The van der Waals surface area contributed by atoms with Crippen LogP contribution in [0.5, 0.6) is 5.75 Å². The summed E-state index contributed by atoms with van der Waals surface area (Å²) in [6.07, 6.45) is 12.8. The van der Waals surface area contributed by atoms with Crippen LogP contribution in [0.25, 0.3) is 0 Å². The van der Waals surface area contributed by atoms with Crippen LogP contribution >= 0.6 is 0 Å². The van der Waals surface area contributed by atoms with Gasteiger partial charge >= 0.3 is 0 Å². The number of terminal acetylenes is 1. The van der Waals surface area contributed by atoms with Gasteiger partial charge in [-0.2, -0.15) is 4.31 Å². The summed E-state index contributed by atoms with van der Waals surface area (Å²) < 4.78 is 44.3. The van der Waals surface area contributed by atoms with Crippen molar-refractivity contribution in [1.82, 2.24) is 9.62 Å². The molecule has 9 nitrogen and oxygen atoms in total. The lowest BCUT2D eigenvalue weighted by atomic mass is 9.77. The molecule has 1 heterocycles. The number of allylic oxidation sites excluding steroid dienone is 1. The summed E-state index contributed by atoms with van der Waals surface area (Å²) in [5.41, 5.74) is 0. The summed E-state index contributed by atoms with van der Waals surface area (Å²) in [6, 6.07) is 6.07. The van der Waals surface area contributed by atoms with Crippen LogP contribution in [-0.4, -0.2) is 70.0 Å². The third kappa shape index (κ3) is 7.46. The highest BCUT2D eigenvalue weighted by Crippen LogP contribution is 2.37. The van der Waals surface area contributed by atoms with Crippen molar-refractivity contribution < 1.29 is 32.5 Å². The number of methoxy groups -OCH3 is 1. The van der Waals surface area contributed by atoms with Crippen molar-refractivity contribution in [3.05, 3.63) is 36.1 Å². The maximum Gasteiger partial charge on any atom is 0.286 e. The van der Waals surface area contributed by atoms with Crippen LogP contribution in [0.1, 0.15) is 38.5 Å². The number of carbonyl (C=O) groups excluding carboxylic acids is 1. The van der Waals surface area contributed by atoms with Crippen LogP contribution in [0.2, 0.25) is 0 Å². The fourth-order valence-electron chi connectivity index (χ4n) is 4.70. The third-order valence-electron chi connectivity index (χ3n) is 6.61. The zero-order valence-electron chi connectivity index (χ0n) is 20.7. The molecule has 0 bridgehead atoms. The molecule has 36 heavy (non-hydrogen) atoms. The fraction of sp³-hybridized carbons (Fsp3) is 0.577. The van der Waals surface area contributed by atoms with Gasteiger partial charge < -0.3 is 24.6 Å². The molecule has 3 rings (SSSR count). The zero-order valence-corrected chi connectivity index (χ0v) is 21.5. The lowest BCUT2D eigenvalue weighted by Gasteiger charge is -2.35. The predicted octanol–water partition coefficient (Wildman–Crippen LogP) is 2.27. The first kappa shape index (κ1) is 28.0. The van der Waals surface area contributed by atoms with Gasteiger partial charge in [0.2, 0.25) is 16.3 Å². The van der Waals surface area contributed by atoms with Crippen LogP contribution in [0.3, 0.4) is 0 Å². The van der Waals surface area contributed by atoms with E-state index in [-0.39, 0.29) is 55.3 Å². The van der Waals surface area contributed by atoms with Crippen molar-refractivity contribution in [3.63, 3.8) is 0 Å². The Morgan fingerprint density at radius 1 is 1.22 bits per heavy atom. The molecule has 1 fully saturated rings. The van der Waals surface area contributed by atoms with E-state index >= 15 is 0 Å². The Labute approximate surface area is 213 Å². The van der Waals surface area contributed by atoms with E-state index in [0.29, 0.717) is 18.1 Å². The SMILES string of the molecule is C#CCNC(=O)C1=C[C@H](C2CCCCC2)C[C@H](OCCN(CCO)S(=O)(=O)c2ccc(OC)cc2)O1. The van der Waals surface area contributed by atoms with Gasteiger partial charge in [-0.05, 0) is 55.0 Å². The molecule has 1 aliphatic heterocycles. The number of nitrogens with zero attached hydrogens (tertiary/aromatic N) is 1. The Kier molecular flexibility index (Phi) is 10.6. The van der Waals surface area contributed by atoms with Gasteiger partial charge in [-0.1, -0.05) is 25.2 Å². The molecule has 10 heteroatoms. The highest BCUT2D eigenvalue weighted by atomic mass is 32.2. The molecule has 1 aromatic rings. The van der Waals surface area contributed by atoms with E-state index in [1.807, 2.05) is 6.08 Å². The van der Waals surface area contributed by atoms with Crippen molar-refractivity contribution in [3.8, 4) is 18.1 Å². The Morgan fingerprint density at radius 2 is 1.94 bits per heavy atom. The first-order valence-corrected chi connectivity index (χ1v) is 13.8. The third-order valence-corrected chi connectivity index (χ3v) is 8.52. The first-order chi connectivity index (χ1) is 17.4. The number of aliphatic hydroxyl groups excluding tert-OH is 1. The van der Waals surface area contributed by atoms with Gasteiger partial charge in [-0.25, -0.2) is 8.42 Å². The van der Waals surface area contributed by atoms with E-state index in [2.05, 4.69) is 11.2 Å². The van der Waals surface area contributed by atoms with E-state index in [1.54, 1.807) is 12.1 Å². The largest absolute Gasteiger partial charge is 0.497 e. The summed E-state index contributed by atoms with van der Waals surface area (Å²) in [5, 5.41) is 12.1. The summed E-state index contributed by atoms with van der Waals surface area (Å²) in [5.74, 6) is 3.31. The van der Waals surface area contributed by atoms with E-state index in [0.717, 1.165) is 12.8 Å². The van der Waals surface area contributed by atoms with E-state index in [4.69, 9.17) is 20.6 Å². The molecule has 0 radical (unpaired) electrons. The number of hydrogen-bond donors (Lipinski definition) is 2. The van der Waals surface area contributed by atoms with Crippen LogP contribution in [0, 0.1) is 24.2 Å². The quantitative estimate of drug-likeness (QED) is 0.407. The molecule has 2 N–H and O–H groups in total. The van der Waals surface area contributed by atoms with Gasteiger partial charge in [0.25, 0.3) is 5.91 Å². The Balaban J connectivity index is 1.66. The molecule has 2 aliphatic rings. The highest BCUT2D eigenvalue weighted by Gasteiger charge is 2.33. The minimum atomic E-state index is -3.85. The van der Waals surface area contributed by atoms with Crippen molar-refractivity contribution in [1.29, 1.82) is 0 Å². The summed E-state index contributed by atoms with van der Waals surface area (Å²) in [4.78, 5) is 12.6. The van der Waals surface area contributed by atoms with Crippen molar-refractivity contribution in [2.45, 2.75) is 49.7 Å². The van der Waals surface area contributed by atoms with Crippen molar-refractivity contribution in [2.24, 2.45) is 11.8 Å². The number of rotatable bonds is 12. The number of carbonyl (C=O) groups is 1. The molecule has 1 aliphatic carbocycles. The van der Waals surface area contributed by atoms with Crippen LogP contribution in [0.4, 0.5) is 0 Å². The van der Waals surface area contributed by atoms with Gasteiger partial charge in [0.05, 0.1) is 31.8 Å². The lowest BCUT2D eigenvalue weighted by molar-refractivity contribution is -0.151. The number of ether oxygens (including phenoxy) is 3. The second-order valence-electron chi connectivity index (χ2n) is 8.94. The minimum Gasteiger partial charge on any atom is -0.497 e. The molecule has 198 valence electrons. The highest BCUT2D eigenvalue weighted by molar-refractivity contribution is 7.89. The average molecular weight is 521 g/mol. The van der Waals surface area contributed by atoms with E-state index in [9.17, 15) is 18.3 Å². The molecule has 1 amide bonds. The molecular formula is C26H36N2O7S. The van der Waals surface area contributed by atoms with Crippen LogP contribution in [0.15, 0.2) is 41.0 Å². The molecule has 0 unspecified atom stereocenters. The van der Waals surface area contributed by atoms with Gasteiger partial charge in [0, 0.05) is 19.5 Å². The normalized spacial score (nSPS) is 20.8. The molecule has 0 aromatic heterocycles. The lowest BCUT2D eigenvalue weighted by Crippen LogP contribution is -2.39. The average Bonchev–Trinajstić information content (AvgIpc) is 2.91. The van der Waals surface area contributed by atoms with E-state index in [1.165, 1.54) is 42.8 Å². The molecule has 1 aromatic carbocycles. The maximum absolute atomic E-state index is 13.1. The summed E-state index contributed by atoms with van der Waals surface area (Å²) >= 11 is 0. The predicted molar refractivity (Wildman–Crippen MR) is 134 cm³/mol. The smallest absolute Gasteiger partial charge is 0.286 e. The Hall–Kier alpha value is -2.58. The topological polar surface area (TPSA) is 114 Å². The second kappa shape index (κ2) is 13.7. The molecule has 2 atom stereocenters. The summed E-state index contributed by atoms with van der Waals surface area (Å²) in [7, 11) is -2.35. The molecular weight excluding hydrogens is 484 g/mol. The van der Waals surface area contributed by atoms with Crippen molar-refractivity contribution in [2.75, 3.05) is 40.0 Å². The zero-order chi connectivity index (χ0) is 26.0. The van der Waals surface area contributed by atoms with E-state index < -0.39 is 16.3 Å². The van der Waals surface area contributed by atoms with Crippen molar-refractivity contribution >= 4 is 15.9 Å². The Morgan fingerprint density at radius 3 is 2.58 bits per heavy atom. The van der Waals surface area contributed by atoms with Gasteiger partial charge in [0.1, 0.15) is 5.75 Å². The number of aliphatic hydroxyl groups is 1. The van der Waals surface area contributed by atoms with Crippen LogP contribution in [-0.2, 0) is 24.3 Å². The monoisotopic (exact) mass is 520 g/mol. The first-order valence-electron chi connectivity index (χ1n) is 12.4. The van der Waals surface area contributed by atoms with Gasteiger partial charge in [-0.15, -0.1) is 6.42 Å². The molecule has 1 saturated carbocycles. The number of amides is 1. The van der Waals surface area contributed by atoms with Gasteiger partial charge in [-0.3, -0.25) is 4.79 Å². The number of sulfonamides is 1. The fourth-order valence-corrected chi connectivity index (χ4v) is 6.12. The van der Waals surface area contributed by atoms with Crippen LogP contribution < -0.4 is 10.1 Å². The van der Waals surface area contributed by atoms with Gasteiger partial charge in [0.15, 0.2) is 5.76 Å². The maximum atomic E-state index is 13.1. The number of hydrogen-bond acceptors (Lipinski definition) is 7. The second-order valence-corrected chi connectivity index (χ2v) is 10.9. The number of nitrogens with one attached hydrogen (secondary N) is 1. The molecule has 0 saturated heterocycles. The molecule has 0 spiro atoms. The number of benzene rings is 1. The summed E-state index contributed by atoms with van der Waals surface area (Å²) in [6.45, 7) is -0.255.